The number of nitrogens with one attached hydrogen (secondary N) is 2. The Kier molecular flexibility index (Phi) is 7.78. The molecule has 0 radical (unpaired) electrons. The number of aromatic nitrogens is 3. The van der Waals surface area contributed by atoms with Crippen LogP contribution in [0.1, 0.15) is 44.1 Å². The number of hydrogen-bond acceptors (Lipinski definition) is 8. The molecule has 2 fully saturated rings. The lowest BCUT2D eigenvalue weighted by Crippen LogP contribution is -2.34. The number of phenols is 1. The smallest absolute Gasteiger partial charge is 0.248 e. The van der Waals surface area contributed by atoms with Crippen LogP contribution >= 0.6 is 0 Å². The van der Waals surface area contributed by atoms with Crippen LogP contribution in [0, 0.1) is 0 Å². The highest BCUT2D eigenvalue weighted by Crippen LogP contribution is 2.29. The van der Waals surface area contributed by atoms with E-state index < -0.39 is 0 Å². The largest absolute Gasteiger partial charge is 0.506 e. The Hall–Kier alpha value is -4.14. The number of nitrogens with zero attached hydrogens (tertiary/aromatic N) is 5. The number of aromatic hydroxyl groups is 1. The number of carbonyl (C=O) groups is 1. The van der Waals surface area contributed by atoms with Crippen molar-refractivity contribution < 1.29 is 9.90 Å². The van der Waals surface area contributed by atoms with Crippen LogP contribution in [0.2, 0.25) is 0 Å². The normalized spacial score (nSPS) is 16.1. The van der Waals surface area contributed by atoms with Gasteiger partial charge in [0.2, 0.25) is 23.8 Å². The van der Waals surface area contributed by atoms with Gasteiger partial charge in [0.05, 0.1) is 5.69 Å². The summed E-state index contributed by atoms with van der Waals surface area (Å²) in [6.07, 6.45) is 10.2. The van der Waals surface area contributed by atoms with Crippen molar-refractivity contribution in [1.29, 1.82) is 0 Å². The molecule has 9 nitrogen and oxygen atoms in total. The molecule has 5 rings (SSSR count). The molecule has 1 aromatic heterocycles. The Bertz CT molecular complexity index is 1200. The van der Waals surface area contributed by atoms with Crippen LogP contribution in [0.3, 0.4) is 0 Å². The topological polar surface area (TPSA) is 107 Å². The van der Waals surface area contributed by atoms with Crippen LogP contribution in [0.25, 0.3) is 6.08 Å². The third-order valence-electron chi connectivity index (χ3n) is 6.63. The molecule has 37 heavy (non-hydrogen) atoms. The zero-order chi connectivity index (χ0) is 25.5. The van der Waals surface area contributed by atoms with Crippen LogP contribution in [-0.4, -0.2) is 52.1 Å². The van der Waals surface area contributed by atoms with Crippen LogP contribution in [-0.2, 0) is 4.79 Å². The van der Waals surface area contributed by atoms with Gasteiger partial charge in [0.15, 0.2) is 0 Å². The maximum absolute atomic E-state index is 12.3. The van der Waals surface area contributed by atoms with Gasteiger partial charge in [0.1, 0.15) is 5.75 Å². The van der Waals surface area contributed by atoms with E-state index in [1.54, 1.807) is 24.3 Å². The number of hydrogen-bond donors (Lipinski definition) is 3. The van der Waals surface area contributed by atoms with Crippen LogP contribution in [0.5, 0.6) is 5.75 Å². The molecule has 9 heteroatoms. The number of piperidine rings is 2. The fourth-order valence-electron chi connectivity index (χ4n) is 4.64. The molecule has 1 amide bonds. The SMILES string of the molecule is O=C(/C=C/c1ccccc1)Nc1ccc(Nc2nc(N3CCCCC3)nc(N3CCCCC3)n2)cc1O. The summed E-state index contributed by atoms with van der Waals surface area (Å²) in [5, 5.41) is 16.5. The van der Waals surface area contributed by atoms with E-state index in [0.29, 0.717) is 29.2 Å². The summed E-state index contributed by atoms with van der Waals surface area (Å²) in [6.45, 7) is 3.77. The van der Waals surface area contributed by atoms with Gasteiger partial charge < -0.3 is 25.5 Å². The molecule has 0 unspecified atom stereocenters. The Morgan fingerprint density at radius 1 is 0.811 bits per heavy atom. The minimum atomic E-state index is -0.324. The third-order valence-corrected chi connectivity index (χ3v) is 6.63. The lowest BCUT2D eigenvalue weighted by molar-refractivity contribution is -0.111. The summed E-state index contributed by atoms with van der Waals surface area (Å²) < 4.78 is 0. The molecule has 2 saturated heterocycles. The summed E-state index contributed by atoms with van der Waals surface area (Å²) in [6, 6.07) is 14.6. The van der Waals surface area contributed by atoms with Gasteiger partial charge in [0, 0.05) is 44.0 Å². The summed E-state index contributed by atoms with van der Waals surface area (Å²) in [5.41, 5.74) is 1.87. The van der Waals surface area contributed by atoms with Crippen molar-refractivity contribution in [2.75, 3.05) is 46.6 Å². The lowest BCUT2D eigenvalue weighted by Gasteiger charge is -2.30. The Balaban J connectivity index is 1.31. The molecule has 0 bridgehead atoms. The van der Waals surface area contributed by atoms with E-state index in [1.165, 1.54) is 18.9 Å². The number of carbonyl (C=O) groups excluding carboxylic acids is 1. The van der Waals surface area contributed by atoms with Crippen LogP contribution in [0.15, 0.2) is 54.6 Å². The molecule has 0 saturated carbocycles. The first-order valence-corrected chi connectivity index (χ1v) is 13.0. The highest BCUT2D eigenvalue weighted by atomic mass is 16.3. The maximum Gasteiger partial charge on any atom is 0.248 e. The molecule has 3 aromatic rings. The predicted molar refractivity (Wildman–Crippen MR) is 147 cm³/mol. The Labute approximate surface area is 217 Å². The summed E-state index contributed by atoms with van der Waals surface area (Å²) in [5.74, 6) is 1.45. The van der Waals surface area contributed by atoms with Gasteiger partial charge >= 0.3 is 0 Å². The van der Waals surface area contributed by atoms with Crippen molar-refractivity contribution >= 4 is 41.2 Å². The molecular formula is C28H33N7O2. The minimum Gasteiger partial charge on any atom is -0.506 e. The minimum absolute atomic E-state index is 0.0481. The molecular weight excluding hydrogens is 466 g/mol. The van der Waals surface area contributed by atoms with Gasteiger partial charge in [-0.05, 0) is 62.3 Å². The van der Waals surface area contributed by atoms with E-state index in [4.69, 9.17) is 15.0 Å². The first-order chi connectivity index (χ1) is 18.1. The highest BCUT2D eigenvalue weighted by molar-refractivity contribution is 6.02. The first kappa shape index (κ1) is 24.5. The van der Waals surface area contributed by atoms with Crippen molar-refractivity contribution in [3.8, 4) is 5.75 Å². The zero-order valence-electron chi connectivity index (χ0n) is 20.9. The van der Waals surface area contributed by atoms with Gasteiger partial charge in [-0.1, -0.05) is 30.3 Å². The number of rotatable bonds is 7. The van der Waals surface area contributed by atoms with E-state index in [0.717, 1.165) is 57.4 Å². The Morgan fingerprint density at radius 3 is 2.03 bits per heavy atom. The lowest BCUT2D eigenvalue weighted by atomic mass is 10.1. The molecule has 2 aliphatic heterocycles. The predicted octanol–water partition coefficient (Wildman–Crippen LogP) is 4.95. The van der Waals surface area contributed by atoms with Crippen molar-refractivity contribution in [3.05, 3.63) is 60.2 Å². The molecule has 192 valence electrons. The van der Waals surface area contributed by atoms with Crippen molar-refractivity contribution in [2.45, 2.75) is 38.5 Å². The molecule has 3 N–H and O–H groups in total. The zero-order valence-corrected chi connectivity index (χ0v) is 20.9. The second-order valence-electron chi connectivity index (χ2n) is 9.44. The van der Waals surface area contributed by atoms with Crippen molar-refractivity contribution in [2.24, 2.45) is 0 Å². The summed E-state index contributed by atoms with van der Waals surface area (Å²) in [4.78, 5) is 31.0. The van der Waals surface area contributed by atoms with Gasteiger partial charge in [0.25, 0.3) is 0 Å². The van der Waals surface area contributed by atoms with Crippen molar-refractivity contribution in [1.82, 2.24) is 15.0 Å². The third kappa shape index (κ3) is 6.55. The maximum atomic E-state index is 12.3. The van der Waals surface area contributed by atoms with E-state index in [9.17, 15) is 9.90 Å². The molecule has 3 heterocycles. The first-order valence-electron chi connectivity index (χ1n) is 13.0. The molecule has 0 atom stereocenters. The molecule has 0 spiro atoms. The monoisotopic (exact) mass is 499 g/mol. The fraction of sp³-hybridized carbons (Fsp3) is 0.357. The quantitative estimate of drug-likeness (QED) is 0.310. The van der Waals surface area contributed by atoms with Crippen LogP contribution in [0.4, 0.5) is 29.2 Å². The highest BCUT2D eigenvalue weighted by Gasteiger charge is 2.20. The van der Waals surface area contributed by atoms with E-state index in [-0.39, 0.29) is 11.7 Å². The average Bonchev–Trinajstić information content (AvgIpc) is 2.95. The van der Waals surface area contributed by atoms with Gasteiger partial charge in [-0.3, -0.25) is 4.79 Å². The molecule has 2 aliphatic rings. The number of benzene rings is 2. The molecule has 0 aliphatic carbocycles. The standard InChI is InChI=1S/C28H33N7O2/c36-24-20-22(13-14-23(24)30-25(37)15-12-21-10-4-1-5-11-21)29-26-31-27(34-16-6-2-7-17-34)33-28(32-26)35-18-8-3-9-19-35/h1,4-5,10-15,20,36H,2-3,6-9,16-19H2,(H,30,37)(H,29,31,32,33)/b15-12+. The second-order valence-corrected chi connectivity index (χ2v) is 9.44. The van der Waals surface area contributed by atoms with E-state index >= 15 is 0 Å². The van der Waals surface area contributed by atoms with Crippen LogP contribution < -0.4 is 20.4 Å². The van der Waals surface area contributed by atoms with Gasteiger partial charge in [-0.25, -0.2) is 0 Å². The number of phenolic OH excluding ortho intramolecular Hbond substituents is 1. The fourth-order valence-corrected chi connectivity index (χ4v) is 4.64. The van der Waals surface area contributed by atoms with E-state index in [2.05, 4.69) is 20.4 Å². The number of amides is 1. The average molecular weight is 500 g/mol. The van der Waals surface area contributed by atoms with Gasteiger partial charge in [-0.15, -0.1) is 0 Å². The van der Waals surface area contributed by atoms with Gasteiger partial charge in [-0.2, -0.15) is 15.0 Å². The molecule has 2 aromatic carbocycles. The summed E-state index contributed by atoms with van der Waals surface area (Å²) >= 11 is 0. The van der Waals surface area contributed by atoms with Crippen molar-refractivity contribution in [3.63, 3.8) is 0 Å². The second kappa shape index (κ2) is 11.7. The number of anilines is 5. The summed E-state index contributed by atoms with van der Waals surface area (Å²) in [7, 11) is 0. The van der Waals surface area contributed by atoms with E-state index in [1.807, 2.05) is 30.3 Å². The Morgan fingerprint density at radius 2 is 1.43 bits per heavy atom.